The Hall–Kier alpha value is -2.47. The Morgan fingerprint density at radius 3 is 2.69 bits per heavy atom. The lowest BCUT2D eigenvalue weighted by Crippen LogP contribution is -2.57. The van der Waals surface area contributed by atoms with Crippen molar-refractivity contribution in [2.75, 3.05) is 0 Å². The molecule has 0 aliphatic heterocycles. The number of nitrogens with zero attached hydrogens (tertiary/aromatic N) is 2. The van der Waals surface area contributed by atoms with E-state index in [9.17, 15) is 9.59 Å². The molecule has 2 unspecified atom stereocenters. The van der Waals surface area contributed by atoms with Crippen LogP contribution in [0.1, 0.15) is 60.9 Å². The van der Waals surface area contributed by atoms with Gasteiger partial charge < -0.3 is 4.74 Å². The number of fused-ring (bicyclic) bond motifs is 1. The van der Waals surface area contributed by atoms with Gasteiger partial charge in [0.05, 0.1) is 11.1 Å². The van der Waals surface area contributed by atoms with Gasteiger partial charge in [-0.1, -0.05) is 18.2 Å². The first-order valence-electron chi connectivity index (χ1n) is 11.6. The summed E-state index contributed by atoms with van der Waals surface area (Å²) in [5.41, 5.74) is 4.14. The van der Waals surface area contributed by atoms with Crippen molar-refractivity contribution >= 4 is 22.3 Å². The van der Waals surface area contributed by atoms with Crippen LogP contribution in [0.2, 0.25) is 0 Å². The molecule has 4 aliphatic rings. The number of hydrogen-bond acceptors (Lipinski definition) is 5. The van der Waals surface area contributed by atoms with Crippen molar-refractivity contribution < 1.29 is 9.53 Å². The van der Waals surface area contributed by atoms with E-state index in [0.29, 0.717) is 22.5 Å². The molecule has 32 heavy (non-hydrogen) atoms. The van der Waals surface area contributed by atoms with E-state index in [0.717, 1.165) is 19.3 Å². The zero-order valence-corrected chi connectivity index (χ0v) is 19.4. The van der Waals surface area contributed by atoms with Gasteiger partial charge in [-0.25, -0.2) is 4.98 Å². The van der Waals surface area contributed by atoms with Crippen molar-refractivity contribution in [2.45, 2.75) is 64.4 Å². The third-order valence-electron chi connectivity index (χ3n) is 8.32. The fourth-order valence-electron chi connectivity index (χ4n) is 7.16. The van der Waals surface area contributed by atoms with Crippen LogP contribution in [0.25, 0.3) is 4.96 Å². The lowest BCUT2D eigenvalue weighted by Gasteiger charge is -2.61. The molecule has 3 aromatic rings. The standard InChI is InChI=1S/C26H28N2O3S/c1-16-3-4-20(7-17(16)2)25-10-18-8-19(11-25)13-26(12-18,15-25)23(30)31-14-21-9-22(29)28-5-6-32-24(28)27-21/h3-7,9,18-19H,8,10-15H2,1-2H3. The largest absolute Gasteiger partial charge is 0.459 e. The van der Waals surface area contributed by atoms with Crippen molar-refractivity contribution in [3.8, 4) is 0 Å². The first-order chi connectivity index (χ1) is 15.4. The number of carbonyl (C=O) groups excluding carboxylic acids is 1. The second-order valence-corrected chi connectivity index (χ2v) is 11.4. The third kappa shape index (κ3) is 3.06. The monoisotopic (exact) mass is 448 g/mol. The number of carbonyl (C=O) groups is 1. The summed E-state index contributed by atoms with van der Waals surface area (Å²) < 4.78 is 7.39. The molecule has 0 radical (unpaired) electrons. The van der Waals surface area contributed by atoms with Crippen molar-refractivity contribution in [1.82, 2.24) is 9.38 Å². The number of rotatable bonds is 4. The highest BCUT2D eigenvalue weighted by Crippen LogP contribution is 2.66. The number of benzene rings is 1. The summed E-state index contributed by atoms with van der Waals surface area (Å²) in [6, 6.07) is 8.36. The average molecular weight is 449 g/mol. The van der Waals surface area contributed by atoms with E-state index in [1.54, 1.807) is 6.20 Å². The molecule has 2 aromatic heterocycles. The van der Waals surface area contributed by atoms with Crippen LogP contribution in [-0.2, 0) is 21.6 Å². The van der Waals surface area contributed by atoms with Crippen LogP contribution in [-0.4, -0.2) is 15.4 Å². The lowest BCUT2D eigenvalue weighted by atomic mass is 9.43. The van der Waals surface area contributed by atoms with Crippen LogP contribution in [0.4, 0.5) is 0 Å². The topological polar surface area (TPSA) is 60.7 Å². The van der Waals surface area contributed by atoms with Gasteiger partial charge in [0.2, 0.25) is 0 Å². The number of thiazole rings is 1. The quantitative estimate of drug-likeness (QED) is 0.530. The highest BCUT2D eigenvalue weighted by atomic mass is 32.1. The lowest BCUT2D eigenvalue weighted by molar-refractivity contribution is -0.175. The molecule has 1 aromatic carbocycles. The maximum absolute atomic E-state index is 13.5. The highest BCUT2D eigenvalue weighted by molar-refractivity contribution is 7.15. The van der Waals surface area contributed by atoms with Gasteiger partial charge in [-0.3, -0.25) is 14.0 Å². The fraction of sp³-hybridized carbons (Fsp3) is 0.500. The number of aromatic nitrogens is 2. The van der Waals surface area contributed by atoms with Crippen molar-refractivity contribution in [3.63, 3.8) is 0 Å². The number of hydrogen-bond donors (Lipinski definition) is 0. The van der Waals surface area contributed by atoms with Gasteiger partial charge >= 0.3 is 5.97 Å². The fourth-order valence-corrected chi connectivity index (χ4v) is 7.90. The van der Waals surface area contributed by atoms with E-state index in [2.05, 4.69) is 37.0 Å². The van der Waals surface area contributed by atoms with Crippen LogP contribution >= 0.6 is 11.3 Å². The molecule has 2 heterocycles. The summed E-state index contributed by atoms with van der Waals surface area (Å²) in [6.07, 6.45) is 8.10. The molecule has 4 saturated carbocycles. The van der Waals surface area contributed by atoms with Gasteiger partial charge in [0.1, 0.15) is 6.61 Å². The molecule has 4 fully saturated rings. The molecule has 4 bridgehead atoms. The Balaban J connectivity index is 1.27. The third-order valence-corrected chi connectivity index (χ3v) is 9.08. The summed E-state index contributed by atoms with van der Waals surface area (Å²) >= 11 is 1.41. The predicted octanol–water partition coefficient (Wildman–Crippen LogP) is 4.95. The summed E-state index contributed by atoms with van der Waals surface area (Å²) in [6.45, 7) is 4.41. The normalized spacial score (nSPS) is 30.7. The molecule has 5 nitrogen and oxygen atoms in total. The van der Waals surface area contributed by atoms with Crippen LogP contribution in [0.3, 0.4) is 0 Å². The molecular formula is C26H28N2O3S. The summed E-state index contributed by atoms with van der Waals surface area (Å²) in [7, 11) is 0. The Kier molecular flexibility index (Phi) is 4.42. The number of aryl methyl sites for hydroxylation is 2. The molecule has 2 atom stereocenters. The molecule has 0 amide bonds. The predicted molar refractivity (Wildman–Crippen MR) is 124 cm³/mol. The smallest absolute Gasteiger partial charge is 0.312 e. The minimum Gasteiger partial charge on any atom is -0.459 e. The zero-order chi connectivity index (χ0) is 22.1. The zero-order valence-electron chi connectivity index (χ0n) is 18.6. The van der Waals surface area contributed by atoms with Crippen LogP contribution in [0, 0.1) is 31.1 Å². The Morgan fingerprint density at radius 2 is 1.94 bits per heavy atom. The van der Waals surface area contributed by atoms with E-state index in [4.69, 9.17) is 4.74 Å². The first-order valence-corrected chi connectivity index (χ1v) is 12.4. The van der Waals surface area contributed by atoms with E-state index in [-0.39, 0.29) is 23.6 Å². The van der Waals surface area contributed by atoms with E-state index >= 15 is 0 Å². The minimum absolute atomic E-state index is 0.0657. The molecular weight excluding hydrogens is 420 g/mol. The van der Waals surface area contributed by atoms with Crippen molar-refractivity contribution in [2.24, 2.45) is 17.3 Å². The molecule has 0 N–H and O–H groups in total. The second-order valence-electron chi connectivity index (χ2n) is 10.5. The van der Waals surface area contributed by atoms with Gasteiger partial charge in [-0.2, -0.15) is 0 Å². The first kappa shape index (κ1) is 20.2. The summed E-state index contributed by atoms with van der Waals surface area (Å²) in [5, 5.41) is 1.83. The molecule has 6 heteroatoms. The maximum Gasteiger partial charge on any atom is 0.312 e. The van der Waals surface area contributed by atoms with Crippen LogP contribution < -0.4 is 5.56 Å². The summed E-state index contributed by atoms with van der Waals surface area (Å²) in [4.78, 5) is 30.9. The van der Waals surface area contributed by atoms with Gasteiger partial charge in [0, 0.05) is 17.6 Å². The maximum atomic E-state index is 13.5. The minimum atomic E-state index is -0.398. The Labute approximate surface area is 191 Å². The molecule has 166 valence electrons. The Bertz CT molecular complexity index is 1280. The number of ether oxygens (including phenoxy) is 1. The SMILES string of the molecule is Cc1ccc(C23CC4CC(CC(C(=O)OCc5cc(=O)n6ccsc6n5)(C4)C2)C3)cc1C. The van der Waals surface area contributed by atoms with Gasteiger partial charge in [-0.05, 0) is 86.3 Å². The molecule has 0 saturated heterocycles. The second kappa shape index (κ2) is 7.01. The van der Waals surface area contributed by atoms with Gasteiger partial charge in [0.15, 0.2) is 4.96 Å². The van der Waals surface area contributed by atoms with E-state index in [1.807, 2.05) is 5.38 Å². The van der Waals surface area contributed by atoms with E-state index in [1.165, 1.54) is 57.8 Å². The van der Waals surface area contributed by atoms with Crippen molar-refractivity contribution in [3.05, 3.63) is 68.6 Å². The molecule has 7 rings (SSSR count). The molecule has 0 spiro atoms. The van der Waals surface area contributed by atoms with Crippen LogP contribution in [0.5, 0.6) is 0 Å². The average Bonchev–Trinajstić information content (AvgIpc) is 3.22. The van der Waals surface area contributed by atoms with Crippen molar-refractivity contribution in [1.29, 1.82) is 0 Å². The summed E-state index contributed by atoms with van der Waals surface area (Å²) in [5.74, 6) is 1.10. The van der Waals surface area contributed by atoms with Crippen LogP contribution in [0.15, 0.2) is 40.6 Å². The van der Waals surface area contributed by atoms with Gasteiger partial charge in [-0.15, -0.1) is 11.3 Å². The number of esters is 1. The highest BCUT2D eigenvalue weighted by Gasteiger charge is 2.61. The molecule has 4 aliphatic carbocycles. The van der Waals surface area contributed by atoms with E-state index < -0.39 is 5.41 Å². The Morgan fingerprint density at radius 1 is 1.16 bits per heavy atom. The van der Waals surface area contributed by atoms with Gasteiger partial charge in [0.25, 0.3) is 5.56 Å².